The van der Waals surface area contributed by atoms with Crippen LogP contribution in [0, 0.1) is 10.1 Å². The van der Waals surface area contributed by atoms with E-state index in [0.29, 0.717) is 21.8 Å². The predicted molar refractivity (Wildman–Crippen MR) is 83.5 cm³/mol. The molecule has 2 aromatic heterocycles. The highest BCUT2D eigenvalue weighted by molar-refractivity contribution is 9.10. The van der Waals surface area contributed by atoms with Crippen molar-refractivity contribution < 1.29 is 9.66 Å². The predicted octanol–water partition coefficient (Wildman–Crippen LogP) is 4.60. The fourth-order valence-corrected chi connectivity index (χ4v) is 3.10. The molecule has 6 nitrogen and oxygen atoms in total. The van der Waals surface area contributed by atoms with Crippen LogP contribution in [0.1, 0.15) is 5.69 Å². The number of benzene rings is 1. The lowest BCUT2D eigenvalue weighted by atomic mass is 10.3. The van der Waals surface area contributed by atoms with Crippen LogP contribution in [0.25, 0.3) is 4.96 Å². The number of non-ortho nitro benzene ring substituents is 1. The molecule has 0 N–H and O–H groups in total. The van der Waals surface area contributed by atoms with E-state index in [9.17, 15) is 10.1 Å². The number of nitrogens with zero attached hydrogens (tertiary/aromatic N) is 3. The first-order chi connectivity index (χ1) is 10.1. The van der Waals surface area contributed by atoms with Gasteiger partial charge in [-0.2, -0.15) is 4.98 Å². The molecule has 0 radical (unpaired) electrons. The van der Waals surface area contributed by atoms with Crippen LogP contribution in [0.5, 0.6) is 11.6 Å². The zero-order valence-electron chi connectivity index (χ0n) is 10.3. The summed E-state index contributed by atoms with van der Waals surface area (Å²) in [6.45, 7) is 0. The standard InChI is InChI=1S/C12H7BrClN3O3S/c13-8-2-1-7(17(18)19)5-10(8)20-11-9(6-14)16-3-4-21-12(16)15-11/h1-5H,6H2. The smallest absolute Gasteiger partial charge is 0.273 e. The maximum atomic E-state index is 10.8. The molecule has 1 aromatic carbocycles. The van der Waals surface area contributed by atoms with Gasteiger partial charge >= 0.3 is 0 Å². The summed E-state index contributed by atoms with van der Waals surface area (Å²) in [7, 11) is 0. The second kappa shape index (κ2) is 5.63. The molecule has 0 aliphatic rings. The van der Waals surface area contributed by atoms with Crippen molar-refractivity contribution in [2.45, 2.75) is 5.88 Å². The first kappa shape index (κ1) is 14.3. The van der Waals surface area contributed by atoms with Gasteiger partial charge in [0, 0.05) is 17.6 Å². The van der Waals surface area contributed by atoms with Crippen LogP contribution in [0.2, 0.25) is 0 Å². The zero-order valence-corrected chi connectivity index (χ0v) is 13.5. The van der Waals surface area contributed by atoms with Gasteiger partial charge in [-0.15, -0.1) is 22.9 Å². The van der Waals surface area contributed by atoms with Crippen molar-refractivity contribution in [3.05, 3.63) is 50.1 Å². The van der Waals surface area contributed by atoms with Crippen molar-refractivity contribution in [1.29, 1.82) is 0 Å². The average Bonchev–Trinajstić information content (AvgIpc) is 3.01. The van der Waals surface area contributed by atoms with E-state index < -0.39 is 4.92 Å². The number of halogens is 2. The Morgan fingerprint density at radius 3 is 3.05 bits per heavy atom. The lowest BCUT2D eigenvalue weighted by Gasteiger charge is -2.06. The van der Waals surface area contributed by atoms with Gasteiger partial charge in [0.2, 0.25) is 5.88 Å². The largest absolute Gasteiger partial charge is 0.436 e. The summed E-state index contributed by atoms with van der Waals surface area (Å²) >= 11 is 10.7. The number of nitro groups is 1. The molecule has 0 bridgehead atoms. The minimum Gasteiger partial charge on any atom is -0.436 e. The molecule has 0 aliphatic carbocycles. The van der Waals surface area contributed by atoms with Crippen LogP contribution in [0.3, 0.4) is 0 Å². The Balaban J connectivity index is 2.03. The molecule has 9 heteroatoms. The molecule has 3 rings (SSSR count). The van der Waals surface area contributed by atoms with E-state index in [-0.39, 0.29) is 11.6 Å². The van der Waals surface area contributed by atoms with Gasteiger partial charge in [-0.1, -0.05) is 0 Å². The summed E-state index contributed by atoms with van der Waals surface area (Å²) in [6.07, 6.45) is 1.85. The van der Waals surface area contributed by atoms with Crippen LogP contribution in [0.15, 0.2) is 34.2 Å². The van der Waals surface area contributed by atoms with E-state index in [2.05, 4.69) is 20.9 Å². The zero-order chi connectivity index (χ0) is 15.0. The maximum Gasteiger partial charge on any atom is 0.273 e. The van der Waals surface area contributed by atoms with E-state index in [1.165, 1.54) is 23.5 Å². The van der Waals surface area contributed by atoms with Crippen LogP contribution < -0.4 is 4.74 Å². The Labute approximate surface area is 136 Å². The van der Waals surface area contributed by atoms with E-state index in [1.54, 1.807) is 6.07 Å². The number of fused-ring (bicyclic) bond motifs is 1. The van der Waals surface area contributed by atoms with Gasteiger partial charge in [0.05, 0.1) is 21.3 Å². The molecule has 0 saturated carbocycles. The number of thiazole rings is 1. The lowest BCUT2D eigenvalue weighted by molar-refractivity contribution is -0.384. The van der Waals surface area contributed by atoms with Crippen molar-refractivity contribution >= 4 is 49.5 Å². The molecule has 21 heavy (non-hydrogen) atoms. The number of rotatable bonds is 4. The highest BCUT2D eigenvalue weighted by Crippen LogP contribution is 2.35. The van der Waals surface area contributed by atoms with Gasteiger partial charge in [0.15, 0.2) is 10.7 Å². The lowest BCUT2D eigenvalue weighted by Crippen LogP contribution is -1.93. The third kappa shape index (κ3) is 2.61. The minimum atomic E-state index is -0.479. The third-order valence-electron chi connectivity index (χ3n) is 2.78. The van der Waals surface area contributed by atoms with Crippen LogP contribution in [-0.4, -0.2) is 14.3 Å². The molecule has 0 amide bonds. The minimum absolute atomic E-state index is 0.0540. The van der Waals surface area contributed by atoms with Gasteiger partial charge < -0.3 is 4.74 Å². The Morgan fingerprint density at radius 2 is 2.33 bits per heavy atom. The molecule has 0 saturated heterocycles. The number of ether oxygens (including phenoxy) is 1. The van der Waals surface area contributed by atoms with Crippen LogP contribution in [0.4, 0.5) is 5.69 Å². The molecule has 0 unspecified atom stereocenters. The summed E-state index contributed by atoms with van der Waals surface area (Å²) < 4.78 is 8.14. The van der Waals surface area contributed by atoms with E-state index >= 15 is 0 Å². The maximum absolute atomic E-state index is 10.8. The van der Waals surface area contributed by atoms with E-state index in [0.717, 1.165) is 4.96 Å². The number of hydrogen-bond donors (Lipinski definition) is 0. The molecule has 0 aliphatic heterocycles. The first-order valence-electron chi connectivity index (χ1n) is 5.72. The van der Waals surface area contributed by atoms with Gasteiger partial charge in [-0.3, -0.25) is 14.5 Å². The highest BCUT2D eigenvalue weighted by Gasteiger charge is 2.17. The monoisotopic (exact) mass is 387 g/mol. The van der Waals surface area contributed by atoms with Crippen molar-refractivity contribution in [3.63, 3.8) is 0 Å². The number of alkyl halides is 1. The second-order valence-corrected chi connectivity index (χ2v) is 6.02. The molecular formula is C12H7BrClN3O3S. The summed E-state index contributed by atoms with van der Waals surface area (Å²) in [4.78, 5) is 15.4. The number of aromatic nitrogens is 2. The average molecular weight is 389 g/mol. The van der Waals surface area contributed by atoms with Gasteiger partial charge in [-0.25, -0.2) is 0 Å². The summed E-state index contributed by atoms with van der Waals surface area (Å²) in [5.74, 6) is 0.888. The van der Waals surface area contributed by atoms with Gasteiger partial charge in [0.25, 0.3) is 5.69 Å². The molecule has 0 spiro atoms. The molecular weight excluding hydrogens is 382 g/mol. The van der Waals surface area contributed by atoms with Gasteiger partial charge in [-0.05, 0) is 22.0 Å². The van der Waals surface area contributed by atoms with Crippen molar-refractivity contribution in [2.75, 3.05) is 0 Å². The Hall–Kier alpha value is -1.64. The Morgan fingerprint density at radius 1 is 1.52 bits per heavy atom. The van der Waals surface area contributed by atoms with E-state index in [1.807, 2.05) is 16.0 Å². The van der Waals surface area contributed by atoms with Crippen LogP contribution >= 0.6 is 38.9 Å². The topological polar surface area (TPSA) is 69.7 Å². The quantitative estimate of drug-likeness (QED) is 0.372. The van der Waals surface area contributed by atoms with Gasteiger partial charge in [0.1, 0.15) is 5.69 Å². The Kier molecular flexibility index (Phi) is 3.83. The number of imidazole rings is 1. The molecule has 0 atom stereocenters. The SMILES string of the molecule is O=[N+]([O-])c1ccc(Br)c(Oc2nc3sccn3c2CCl)c1. The van der Waals surface area contributed by atoms with Crippen LogP contribution in [-0.2, 0) is 5.88 Å². The molecule has 3 aromatic rings. The van der Waals surface area contributed by atoms with Crippen molar-refractivity contribution in [3.8, 4) is 11.6 Å². The summed E-state index contributed by atoms with van der Waals surface area (Å²) in [6, 6.07) is 4.30. The summed E-state index contributed by atoms with van der Waals surface area (Å²) in [5.41, 5.74) is 0.646. The fourth-order valence-electron chi connectivity index (χ4n) is 1.80. The van der Waals surface area contributed by atoms with E-state index in [4.69, 9.17) is 16.3 Å². The highest BCUT2D eigenvalue weighted by atomic mass is 79.9. The van der Waals surface area contributed by atoms with Crippen molar-refractivity contribution in [2.24, 2.45) is 0 Å². The van der Waals surface area contributed by atoms with Crippen molar-refractivity contribution in [1.82, 2.24) is 9.38 Å². The normalized spacial score (nSPS) is 11.0. The Bertz CT molecular complexity index is 832. The number of nitro benzene ring substituents is 1. The summed E-state index contributed by atoms with van der Waals surface area (Å²) in [5, 5.41) is 12.7. The number of hydrogen-bond acceptors (Lipinski definition) is 5. The molecule has 108 valence electrons. The molecule has 2 heterocycles. The second-order valence-electron chi connectivity index (χ2n) is 4.03. The molecule has 0 fully saturated rings. The first-order valence-corrected chi connectivity index (χ1v) is 7.93. The fraction of sp³-hybridized carbons (Fsp3) is 0.0833. The third-order valence-corrected chi connectivity index (χ3v) is 4.45.